The van der Waals surface area contributed by atoms with Crippen LogP contribution < -0.4 is 10.1 Å². The molecule has 0 saturated carbocycles. The number of carbonyl (C=O) groups is 1. The van der Waals surface area contributed by atoms with Gasteiger partial charge in [0.2, 0.25) is 0 Å². The zero-order chi connectivity index (χ0) is 9.97. The number of rotatable bonds is 1. The average molecular weight is 194 g/mol. The number of carbonyl (C=O) groups excluding carboxylic acids is 1. The van der Waals surface area contributed by atoms with E-state index in [-0.39, 0.29) is 12.7 Å². The predicted molar refractivity (Wildman–Crippen MR) is 47.9 cm³/mol. The zero-order valence-electron chi connectivity index (χ0n) is 7.74. The van der Waals surface area contributed by atoms with Crippen molar-refractivity contribution < 1.29 is 14.3 Å². The highest BCUT2D eigenvalue weighted by Crippen LogP contribution is 2.25. The third-order valence-electron chi connectivity index (χ3n) is 1.97. The molecular formula is C9H10N2O3. The van der Waals surface area contributed by atoms with Gasteiger partial charge in [0.25, 0.3) is 5.91 Å². The lowest BCUT2D eigenvalue weighted by Crippen LogP contribution is -2.23. The Labute approximate surface area is 81.0 Å². The summed E-state index contributed by atoms with van der Waals surface area (Å²) in [7, 11) is 1.56. The molecule has 1 aromatic rings. The number of amides is 1. The molecule has 0 saturated heterocycles. The molecule has 1 aromatic heterocycles. The maximum Gasteiger partial charge on any atom is 0.273 e. The van der Waals surface area contributed by atoms with Crippen molar-refractivity contribution in [1.82, 2.24) is 10.3 Å². The number of hydrogen-bond donors (Lipinski definition) is 1. The number of ether oxygens (including phenoxy) is 2. The monoisotopic (exact) mass is 194 g/mol. The number of fused-ring (bicyclic) bond motifs is 1. The number of aromatic nitrogens is 1. The fourth-order valence-corrected chi connectivity index (χ4v) is 1.30. The van der Waals surface area contributed by atoms with E-state index in [1.165, 1.54) is 0 Å². The summed E-state index contributed by atoms with van der Waals surface area (Å²) in [6.07, 6.45) is 1.57. The standard InChI is InChI=1S/C9H10N2O3/c1-10-9(12)7-8-6(2-3-11-7)4-13-5-14-8/h2-3H,4-5H2,1H3,(H,10,12). The van der Waals surface area contributed by atoms with Crippen LogP contribution in [0.1, 0.15) is 16.1 Å². The van der Waals surface area contributed by atoms with E-state index in [0.29, 0.717) is 18.1 Å². The summed E-state index contributed by atoms with van der Waals surface area (Å²) < 4.78 is 10.3. The molecular weight excluding hydrogens is 184 g/mol. The normalized spacial score (nSPS) is 14.1. The van der Waals surface area contributed by atoms with Gasteiger partial charge in [-0.1, -0.05) is 0 Å². The first-order chi connectivity index (χ1) is 6.83. The smallest absolute Gasteiger partial charge is 0.273 e. The minimum absolute atomic E-state index is 0.169. The van der Waals surface area contributed by atoms with Gasteiger partial charge in [-0.25, -0.2) is 4.98 Å². The van der Waals surface area contributed by atoms with Crippen LogP contribution in [0.25, 0.3) is 0 Å². The Morgan fingerprint density at radius 2 is 2.50 bits per heavy atom. The van der Waals surface area contributed by atoms with Crippen molar-refractivity contribution in [3.63, 3.8) is 0 Å². The molecule has 1 N–H and O–H groups in total. The number of hydrogen-bond acceptors (Lipinski definition) is 4. The van der Waals surface area contributed by atoms with Crippen molar-refractivity contribution in [2.75, 3.05) is 13.8 Å². The number of nitrogens with one attached hydrogen (secondary N) is 1. The second-order valence-electron chi connectivity index (χ2n) is 2.84. The number of pyridine rings is 1. The van der Waals surface area contributed by atoms with E-state index in [0.717, 1.165) is 5.56 Å². The van der Waals surface area contributed by atoms with Gasteiger partial charge in [0.1, 0.15) is 0 Å². The Morgan fingerprint density at radius 1 is 1.64 bits per heavy atom. The van der Waals surface area contributed by atoms with E-state index in [2.05, 4.69) is 10.3 Å². The molecule has 5 nitrogen and oxygen atoms in total. The summed E-state index contributed by atoms with van der Waals surface area (Å²) in [5, 5.41) is 2.51. The second kappa shape index (κ2) is 3.63. The summed E-state index contributed by atoms with van der Waals surface area (Å²) >= 11 is 0. The van der Waals surface area contributed by atoms with Gasteiger partial charge in [-0.3, -0.25) is 4.79 Å². The molecule has 74 valence electrons. The quantitative estimate of drug-likeness (QED) is 0.698. The Bertz CT molecular complexity index is 365. The molecule has 0 unspecified atom stereocenters. The molecule has 1 aliphatic heterocycles. The minimum atomic E-state index is -0.247. The second-order valence-corrected chi connectivity index (χ2v) is 2.84. The Balaban J connectivity index is 2.45. The van der Waals surface area contributed by atoms with Crippen molar-refractivity contribution in [2.24, 2.45) is 0 Å². The van der Waals surface area contributed by atoms with Crippen LogP contribution in [0.4, 0.5) is 0 Å². The predicted octanol–water partition coefficient (Wildman–Crippen LogP) is 0.308. The summed E-state index contributed by atoms with van der Waals surface area (Å²) in [4.78, 5) is 15.4. The number of nitrogens with zero attached hydrogens (tertiary/aromatic N) is 1. The van der Waals surface area contributed by atoms with Gasteiger partial charge in [0, 0.05) is 18.8 Å². The molecule has 1 amide bonds. The van der Waals surface area contributed by atoms with Crippen molar-refractivity contribution >= 4 is 5.91 Å². The molecule has 5 heteroatoms. The van der Waals surface area contributed by atoms with Gasteiger partial charge < -0.3 is 14.8 Å². The van der Waals surface area contributed by atoms with Gasteiger partial charge >= 0.3 is 0 Å². The van der Waals surface area contributed by atoms with Gasteiger partial charge in [0.15, 0.2) is 18.2 Å². The Hall–Kier alpha value is -1.62. The summed E-state index contributed by atoms with van der Waals surface area (Å²) in [6.45, 7) is 0.629. The lowest BCUT2D eigenvalue weighted by molar-refractivity contribution is -0.0172. The highest BCUT2D eigenvalue weighted by atomic mass is 16.7. The van der Waals surface area contributed by atoms with E-state index in [4.69, 9.17) is 9.47 Å². The summed E-state index contributed by atoms with van der Waals surface area (Å²) in [5.74, 6) is 0.279. The van der Waals surface area contributed by atoms with Crippen molar-refractivity contribution in [1.29, 1.82) is 0 Å². The molecule has 0 atom stereocenters. The molecule has 0 fully saturated rings. The van der Waals surface area contributed by atoms with Crippen LogP contribution in [-0.2, 0) is 11.3 Å². The van der Waals surface area contributed by atoms with E-state index < -0.39 is 0 Å². The van der Waals surface area contributed by atoms with Gasteiger partial charge in [-0.15, -0.1) is 0 Å². The van der Waals surface area contributed by atoms with Crippen LogP contribution in [-0.4, -0.2) is 24.7 Å². The van der Waals surface area contributed by atoms with E-state index in [1.54, 1.807) is 19.3 Å². The van der Waals surface area contributed by atoms with Crippen LogP contribution in [0.3, 0.4) is 0 Å². The van der Waals surface area contributed by atoms with Gasteiger partial charge in [0.05, 0.1) is 6.61 Å². The van der Waals surface area contributed by atoms with E-state index in [1.807, 2.05) is 0 Å². The molecule has 0 bridgehead atoms. The molecule has 1 aliphatic rings. The van der Waals surface area contributed by atoms with Gasteiger partial charge in [-0.05, 0) is 6.07 Å². The van der Waals surface area contributed by atoms with Crippen LogP contribution in [0, 0.1) is 0 Å². The van der Waals surface area contributed by atoms with Crippen molar-refractivity contribution in [3.8, 4) is 5.75 Å². The van der Waals surface area contributed by atoms with Crippen molar-refractivity contribution in [3.05, 3.63) is 23.5 Å². The fraction of sp³-hybridized carbons (Fsp3) is 0.333. The Morgan fingerprint density at radius 3 is 3.29 bits per heavy atom. The summed E-state index contributed by atoms with van der Waals surface area (Å²) in [6, 6.07) is 1.78. The highest BCUT2D eigenvalue weighted by Gasteiger charge is 2.19. The van der Waals surface area contributed by atoms with E-state index >= 15 is 0 Å². The SMILES string of the molecule is CNC(=O)c1nccc2c1OCOC2. The topological polar surface area (TPSA) is 60.5 Å². The molecule has 0 aliphatic carbocycles. The average Bonchev–Trinajstić information content (AvgIpc) is 2.27. The maximum absolute atomic E-state index is 11.4. The van der Waals surface area contributed by atoms with Crippen LogP contribution in [0.15, 0.2) is 12.3 Å². The highest BCUT2D eigenvalue weighted by molar-refractivity contribution is 5.95. The Kier molecular flexibility index (Phi) is 2.32. The zero-order valence-corrected chi connectivity index (χ0v) is 7.74. The first-order valence-electron chi connectivity index (χ1n) is 4.23. The first-order valence-corrected chi connectivity index (χ1v) is 4.23. The molecule has 0 spiro atoms. The maximum atomic E-state index is 11.4. The van der Waals surface area contributed by atoms with Crippen LogP contribution in [0.5, 0.6) is 5.75 Å². The lowest BCUT2D eigenvalue weighted by Gasteiger charge is -2.18. The lowest BCUT2D eigenvalue weighted by atomic mass is 10.2. The minimum Gasteiger partial charge on any atom is -0.465 e. The molecule has 2 rings (SSSR count). The van der Waals surface area contributed by atoms with Crippen LogP contribution in [0.2, 0.25) is 0 Å². The third kappa shape index (κ3) is 1.42. The summed E-state index contributed by atoms with van der Waals surface area (Å²) in [5.41, 5.74) is 1.16. The fourth-order valence-electron chi connectivity index (χ4n) is 1.30. The van der Waals surface area contributed by atoms with Crippen molar-refractivity contribution in [2.45, 2.75) is 6.61 Å². The van der Waals surface area contributed by atoms with E-state index in [9.17, 15) is 4.79 Å². The van der Waals surface area contributed by atoms with Gasteiger partial charge in [-0.2, -0.15) is 0 Å². The van der Waals surface area contributed by atoms with Crippen LogP contribution >= 0.6 is 0 Å². The molecule has 2 heterocycles. The largest absolute Gasteiger partial charge is 0.465 e. The third-order valence-corrected chi connectivity index (χ3v) is 1.97. The molecule has 14 heavy (non-hydrogen) atoms. The molecule has 0 aromatic carbocycles. The molecule has 0 radical (unpaired) electrons. The first kappa shape index (κ1) is 8.96.